The molecule has 1 spiro atoms. The van der Waals surface area contributed by atoms with Gasteiger partial charge >= 0.3 is 6.09 Å². The molecule has 1 fully saturated rings. The molecule has 2 aliphatic rings. The molecule has 0 atom stereocenters. The van der Waals surface area contributed by atoms with Crippen LogP contribution in [0.4, 0.5) is 10.5 Å². The van der Waals surface area contributed by atoms with Gasteiger partial charge in [-0.25, -0.2) is 9.69 Å². The van der Waals surface area contributed by atoms with Gasteiger partial charge in [-0.2, -0.15) is 0 Å². The minimum Gasteiger partial charge on any atom is -0.443 e. The monoisotopic (exact) mass is 370 g/mol. The van der Waals surface area contributed by atoms with Crippen molar-refractivity contribution in [1.82, 2.24) is 5.32 Å². The topological polar surface area (TPSA) is 58.6 Å². The fraction of sp³-hybridized carbons (Fsp3) is 0.529. The Bertz CT molecular complexity index is 707. The van der Waals surface area contributed by atoms with Crippen LogP contribution in [0.2, 0.25) is 10.0 Å². The van der Waals surface area contributed by atoms with E-state index in [1.165, 1.54) is 0 Å². The molecule has 0 aromatic heterocycles. The molecule has 2 aliphatic heterocycles. The van der Waals surface area contributed by atoms with Crippen molar-refractivity contribution in [3.05, 3.63) is 27.7 Å². The van der Waals surface area contributed by atoms with E-state index in [2.05, 4.69) is 5.32 Å². The molecular formula is C17H20Cl2N2O3. The number of hydrogen-bond donors (Lipinski definition) is 1. The summed E-state index contributed by atoms with van der Waals surface area (Å²) in [6.07, 6.45) is 0.484. The number of benzene rings is 1. The maximum Gasteiger partial charge on any atom is 0.421 e. The fourth-order valence-electron chi connectivity index (χ4n) is 3.41. The fourth-order valence-corrected chi connectivity index (χ4v) is 3.99. The SMILES string of the molecule is CC(C)(C)OC(=O)N1C(=O)C2(CCNCC2)c2cc(Cl)cc(Cl)c21. The molecule has 2 amide bonds. The summed E-state index contributed by atoms with van der Waals surface area (Å²) in [6.45, 7) is 6.66. The van der Waals surface area contributed by atoms with Crippen LogP contribution in [0.3, 0.4) is 0 Å². The lowest BCUT2D eigenvalue weighted by Crippen LogP contribution is -2.49. The average Bonchev–Trinajstić information content (AvgIpc) is 2.69. The predicted molar refractivity (Wildman–Crippen MR) is 94.0 cm³/mol. The van der Waals surface area contributed by atoms with Crippen LogP contribution in [0.25, 0.3) is 0 Å². The molecule has 130 valence electrons. The summed E-state index contributed by atoms with van der Waals surface area (Å²) in [5.74, 6) is -0.280. The minimum atomic E-state index is -0.772. The van der Waals surface area contributed by atoms with Crippen molar-refractivity contribution in [3.63, 3.8) is 0 Å². The van der Waals surface area contributed by atoms with Crippen LogP contribution in [-0.2, 0) is 14.9 Å². The number of ether oxygens (including phenoxy) is 1. The Labute approximate surface area is 151 Å². The van der Waals surface area contributed by atoms with E-state index in [9.17, 15) is 9.59 Å². The van der Waals surface area contributed by atoms with Gasteiger partial charge in [0.2, 0.25) is 5.91 Å². The van der Waals surface area contributed by atoms with E-state index in [0.717, 1.165) is 10.5 Å². The second kappa shape index (κ2) is 5.90. The van der Waals surface area contributed by atoms with Crippen molar-refractivity contribution in [1.29, 1.82) is 0 Å². The number of amides is 2. The predicted octanol–water partition coefficient (Wildman–Crippen LogP) is 3.90. The second-order valence-corrected chi connectivity index (χ2v) is 8.08. The summed E-state index contributed by atoms with van der Waals surface area (Å²) < 4.78 is 5.43. The zero-order valence-electron chi connectivity index (χ0n) is 13.9. The van der Waals surface area contributed by atoms with E-state index in [1.54, 1.807) is 32.9 Å². The zero-order chi connectivity index (χ0) is 17.7. The Morgan fingerprint density at radius 3 is 2.46 bits per heavy atom. The highest BCUT2D eigenvalue weighted by Crippen LogP contribution is 2.51. The Morgan fingerprint density at radius 2 is 1.88 bits per heavy atom. The number of rotatable bonds is 0. The number of carbonyl (C=O) groups excluding carboxylic acids is 2. The molecule has 1 aromatic carbocycles. The number of anilines is 1. The van der Waals surface area contributed by atoms with Crippen molar-refractivity contribution < 1.29 is 14.3 Å². The average molecular weight is 371 g/mol. The van der Waals surface area contributed by atoms with Crippen LogP contribution in [0.1, 0.15) is 39.2 Å². The quantitative estimate of drug-likeness (QED) is 0.752. The van der Waals surface area contributed by atoms with Crippen LogP contribution >= 0.6 is 23.2 Å². The van der Waals surface area contributed by atoms with E-state index in [1.807, 2.05) is 0 Å². The molecule has 7 heteroatoms. The Hall–Kier alpha value is -1.30. The lowest BCUT2D eigenvalue weighted by molar-refractivity contribution is -0.123. The minimum absolute atomic E-state index is 0.280. The number of imide groups is 1. The van der Waals surface area contributed by atoms with Crippen LogP contribution < -0.4 is 10.2 Å². The van der Waals surface area contributed by atoms with E-state index < -0.39 is 17.1 Å². The summed E-state index contributed by atoms with van der Waals surface area (Å²) in [4.78, 5) is 27.0. The number of fused-ring (bicyclic) bond motifs is 2. The highest BCUT2D eigenvalue weighted by Gasteiger charge is 2.54. The Morgan fingerprint density at radius 1 is 1.25 bits per heavy atom. The molecule has 1 N–H and O–H groups in total. The Kier molecular flexibility index (Phi) is 4.31. The van der Waals surface area contributed by atoms with Gasteiger partial charge in [0.05, 0.1) is 16.1 Å². The number of carbonyl (C=O) groups is 2. The van der Waals surface area contributed by atoms with Crippen LogP contribution in [-0.4, -0.2) is 30.7 Å². The first-order chi connectivity index (χ1) is 11.2. The molecule has 3 rings (SSSR count). The van der Waals surface area contributed by atoms with E-state index >= 15 is 0 Å². The van der Waals surface area contributed by atoms with Gasteiger partial charge in [0.15, 0.2) is 0 Å². The summed E-state index contributed by atoms with van der Waals surface area (Å²) in [5, 5.41) is 3.98. The van der Waals surface area contributed by atoms with Gasteiger partial charge < -0.3 is 10.1 Å². The molecule has 2 heterocycles. The largest absolute Gasteiger partial charge is 0.443 e. The molecule has 0 radical (unpaired) electrons. The molecular weight excluding hydrogens is 351 g/mol. The van der Waals surface area contributed by atoms with Gasteiger partial charge in [0.25, 0.3) is 0 Å². The maximum absolute atomic E-state index is 13.2. The molecule has 24 heavy (non-hydrogen) atoms. The first kappa shape index (κ1) is 17.5. The number of nitrogens with zero attached hydrogens (tertiary/aromatic N) is 1. The van der Waals surface area contributed by atoms with Crippen molar-refractivity contribution in [2.24, 2.45) is 0 Å². The smallest absolute Gasteiger partial charge is 0.421 e. The van der Waals surface area contributed by atoms with Gasteiger partial charge in [-0.3, -0.25) is 4.79 Å². The number of piperidine rings is 1. The molecule has 0 unspecified atom stereocenters. The second-order valence-electron chi connectivity index (χ2n) is 7.24. The van der Waals surface area contributed by atoms with Gasteiger partial charge in [-0.15, -0.1) is 0 Å². The van der Waals surface area contributed by atoms with Crippen LogP contribution in [0.5, 0.6) is 0 Å². The summed E-state index contributed by atoms with van der Waals surface area (Å²) >= 11 is 12.5. The molecule has 0 saturated carbocycles. The molecule has 5 nitrogen and oxygen atoms in total. The van der Waals surface area contributed by atoms with E-state index in [4.69, 9.17) is 27.9 Å². The molecule has 0 aliphatic carbocycles. The van der Waals surface area contributed by atoms with Crippen molar-refractivity contribution in [2.45, 2.75) is 44.6 Å². The number of hydrogen-bond acceptors (Lipinski definition) is 4. The van der Waals surface area contributed by atoms with Crippen LogP contribution in [0.15, 0.2) is 12.1 Å². The number of nitrogens with one attached hydrogen (secondary N) is 1. The third-order valence-electron chi connectivity index (χ3n) is 4.41. The summed E-state index contributed by atoms with van der Waals surface area (Å²) in [6, 6.07) is 3.29. The first-order valence-electron chi connectivity index (χ1n) is 7.93. The van der Waals surface area contributed by atoms with Gasteiger partial charge in [0, 0.05) is 5.02 Å². The van der Waals surface area contributed by atoms with Crippen molar-refractivity contribution >= 4 is 40.9 Å². The highest BCUT2D eigenvalue weighted by atomic mass is 35.5. The maximum atomic E-state index is 13.2. The summed E-state index contributed by atoms with van der Waals surface area (Å²) in [5.41, 5.74) is -0.355. The molecule has 1 saturated heterocycles. The van der Waals surface area contributed by atoms with Gasteiger partial charge in [0.1, 0.15) is 5.60 Å². The Balaban J connectivity index is 2.13. The van der Waals surface area contributed by atoms with E-state index in [0.29, 0.717) is 36.6 Å². The standard InChI is InChI=1S/C17H20Cl2N2O3/c1-16(2,3)24-15(23)21-13-11(8-10(18)9-12(13)19)17(14(21)22)4-6-20-7-5-17/h8-9,20H,4-7H2,1-3H3. The highest BCUT2D eigenvalue weighted by molar-refractivity contribution is 6.39. The van der Waals surface area contributed by atoms with Crippen molar-refractivity contribution in [3.8, 4) is 0 Å². The van der Waals surface area contributed by atoms with Crippen LogP contribution in [0, 0.1) is 0 Å². The lowest BCUT2D eigenvalue weighted by atomic mass is 9.74. The summed E-state index contributed by atoms with van der Waals surface area (Å²) in [7, 11) is 0. The molecule has 0 bridgehead atoms. The van der Waals surface area contributed by atoms with Gasteiger partial charge in [-0.05, 0) is 64.4 Å². The third kappa shape index (κ3) is 2.79. The third-order valence-corrected chi connectivity index (χ3v) is 4.92. The van der Waals surface area contributed by atoms with Gasteiger partial charge in [-0.1, -0.05) is 23.2 Å². The molecule has 1 aromatic rings. The zero-order valence-corrected chi connectivity index (χ0v) is 15.4. The van der Waals surface area contributed by atoms with Crippen molar-refractivity contribution in [2.75, 3.05) is 18.0 Å². The lowest BCUT2D eigenvalue weighted by Gasteiger charge is -2.33. The number of halogens is 2. The first-order valence-corrected chi connectivity index (χ1v) is 8.69. The van der Waals surface area contributed by atoms with E-state index in [-0.39, 0.29) is 10.9 Å². The normalized spacial score (nSPS) is 19.5.